The van der Waals surface area contributed by atoms with E-state index in [1.54, 1.807) is 36.4 Å². The number of sulfonamides is 1. The molecule has 1 aromatic heterocycles. The van der Waals surface area contributed by atoms with Crippen LogP contribution in [0.2, 0.25) is 0 Å². The highest BCUT2D eigenvalue weighted by Gasteiger charge is 2.35. The van der Waals surface area contributed by atoms with E-state index in [2.05, 4.69) is 8.75 Å². The predicted octanol–water partition coefficient (Wildman–Crippen LogP) is 2.70. The molecule has 0 saturated carbocycles. The van der Waals surface area contributed by atoms with Crippen molar-refractivity contribution in [1.82, 2.24) is 13.1 Å². The molecule has 0 amide bonds. The van der Waals surface area contributed by atoms with E-state index in [0.717, 1.165) is 11.7 Å². The number of fused-ring (bicyclic) bond motifs is 2. The third kappa shape index (κ3) is 3.17. The molecule has 10 heteroatoms. The summed E-state index contributed by atoms with van der Waals surface area (Å²) < 4.78 is 46.8. The topological polar surface area (TPSA) is 98.7 Å². The van der Waals surface area contributed by atoms with Crippen molar-refractivity contribution in [2.24, 2.45) is 5.92 Å². The molecule has 150 valence electrons. The Morgan fingerprint density at radius 1 is 1.14 bits per heavy atom. The third-order valence-corrected chi connectivity index (χ3v) is 7.72. The first-order valence-electron chi connectivity index (χ1n) is 9.19. The molecule has 0 unspecified atom stereocenters. The van der Waals surface area contributed by atoms with Crippen molar-refractivity contribution in [2.75, 3.05) is 19.9 Å². The molecule has 2 aromatic carbocycles. The molecule has 0 bridgehead atoms. The number of ether oxygens (including phenoxy) is 2. The number of aromatic nitrogens is 2. The average molecular weight is 431 g/mol. The first-order chi connectivity index (χ1) is 14.0. The van der Waals surface area contributed by atoms with Gasteiger partial charge in [-0.1, -0.05) is 6.07 Å². The Labute approximate surface area is 171 Å². The van der Waals surface area contributed by atoms with E-state index >= 15 is 0 Å². The normalized spacial score (nSPS) is 19.5. The standard InChI is InChI=1S/C19H17N3O5S2/c23-19(12-6-7-15-16(9-12)27-11-26-15)13-3-2-8-22(10-13)29(24,25)17-5-1-4-14-18(17)21-28-20-14/h1,4-7,9,13H,2-3,8,10-11H2/t13-/m0/s1. The Morgan fingerprint density at radius 3 is 2.90 bits per heavy atom. The lowest BCUT2D eigenvalue weighted by molar-refractivity contribution is 0.0872. The molecule has 0 N–H and O–H groups in total. The summed E-state index contributed by atoms with van der Waals surface area (Å²) in [6.45, 7) is 0.657. The van der Waals surface area contributed by atoms with Crippen LogP contribution in [0.1, 0.15) is 23.2 Å². The van der Waals surface area contributed by atoms with E-state index in [-0.39, 0.29) is 24.0 Å². The highest BCUT2D eigenvalue weighted by Crippen LogP contribution is 2.34. The minimum atomic E-state index is -3.78. The number of carbonyl (C=O) groups excluding carboxylic acids is 1. The van der Waals surface area contributed by atoms with Crippen LogP contribution in [0, 0.1) is 5.92 Å². The zero-order valence-electron chi connectivity index (χ0n) is 15.3. The summed E-state index contributed by atoms with van der Waals surface area (Å²) in [7, 11) is -3.78. The average Bonchev–Trinajstić information content (AvgIpc) is 3.41. The molecular formula is C19H17N3O5S2. The van der Waals surface area contributed by atoms with E-state index in [1.807, 2.05) is 0 Å². The molecule has 3 aromatic rings. The van der Waals surface area contributed by atoms with Crippen LogP contribution < -0.4 is 9.47 Å². The molecular weight excluding hydrogens is 414 g/mol. The second-order valence-electron chi connectivity index (χ2n) is 7.02. The Morgan fingerprint density at radius 2 is 2.00 bits per heavy atom. The van der Waals surface area contributed by atoms with E-state index < -0.39 is 15.9 Å². The molecule has 0 spiro atoms. The summed E-state index contributed by atoms with van der Waals surface area (Å²) >= 11 is 0.983. The lowest BCUT2D eigenvalue weighted by atomic mass is 9.91. The van der Waals surface area contributed by atoms with E-state index in [1.165, 1.54) is 4.31 Å². The fourth-order valence-corrected chi connectivity index (χ4v) is 6.07. The molecule has 29 heavy (non-hydrogen) atoms. The Balaban J connectivity index is 1.41. The fourth-order valence-electron chi connectivity index (χ4n) is 3.79. The van der Waals surface area contributed by atoms with Gasteiger partial charge in [0, 0.05) is 24.6 Å². The fraction of sp³-hybridized carbons (Fsp3) is 0.316. The van der Waals surface area contributed by atoms with Gasteiger partial charge in [0.15, 0.2) is 17.3 Å². The lowest BCUT2D eigenvalue weighted by Crippen LogP contribution is -2.42. The Bertz CT molecular complexity index is 1210. The van der Waals surface area contributed by atoms with Crippen LogP contribution in [-0.4, -0.2) is 47.1 Å². The van der Waals surface area contributed by atoms with Crippen LogP contribution in [0.5, 0.6) is 11.5 Å². The van der Waals surface area contributed by atoms with Gasteiger partial charge in [0.1, 0.15) is 15.9 Å². The Hall–Kier alpha value is -2.56. The van der Waals surface area contributed by atoms with E-state index in [0.29, 0.717) is 47.5 Å². The highest BCUT2D eigenvalue weighted by molar-refractivity contribution is 7.89. The second-order valence-corrected chi connectivity index (χ2v) is 9.46. The minimum Gasteiger partial charge on any atom is -0.454 e. The van der Waals surface area contributed by atoms with Crippen molar-refractivity contribution < 1.29 is 22.7 Å². The van der Waals surface area contributed by atoms with Gasteiger partial charge in [0.25, 0.3) is 0 Å². The molecule has 1 fully saturated rings. The minimum absolute atomic E-state index is 0.0864. The first-order valence-corrected chi connectivity index (χ1v) is 11.4. The predicted molar refractivity (Wildman–Crippen MR) is 106 cm³/mol. The van der Waals surface area contributed by atoms with Gasteiger partial charge < -0.3 is 9.47 Å². The van der Waals surface area contributed by atoms with Crippen LogP contribution in [0.25, 0.3) is 11.0 Å². The van der Waals surface area contributed by atoms with Crippen molar-refractivity contribution in [3.8, 4) is 11.5 Å². The maximum absolute atomic E-state index is 13.3. The van der Waals surface area contributed by atoms with Gasteiger partial charge >= 0.3 is 0 Å². The monoisotopic (exact) mass is 431 g/mol. The number of Topliss-reactive ketones (excluding diaryl/α,β-unsaturated/α-hetero) is 1. The maximum Gasteiger partial charge on any atom is 0.245 e. The van der Waals surface area contributed by atoms with Crippen LogP contribution in [0.3, 0.4) is 0 Å². The van der Waals surface area contributed by atoms with Gasteiger partial charge in [-0.25, -0.2) is 8.42 Å². The lowest BCUT2D eigenvalue weighted by Gasteiger charge is -2.31. The van der Waals surface area contributed by atoms with Gasteiger partial charge in [-0.15, -0.1) is 0 Å². The van der Waals surface area contributed by atoms with Crippen molar-refractivity contribution in [2.45, 2.75) is 17.7 Å². The van der Waals surface area contributed by atoms with Crippen molar-refractivity contribution in [3.05, 3.63) is 42.0 Å². The molecule has 2 aliphatic rings. The highest BCUT2D eigenvalue weighted by atomic mass is 32.2. The van der Waals surface area contributed by atoms with Gasteiger partial charge in [-0.05, 0) is 43.2 Å². The number of ketones is 1. The van der Waals surface area contributed by atoms with Crippen molar-refractivity contribution in [1.29, 1.82) is 0 Å². The molecule has 1 atom stereocenters. The molecule has 1 saturated heterocycles. The number of hydrogen-bond acceptors (Lipinski definition) is 8. The molecule has 5 rings (SSSR count). The summed E-state index contributed by atoms with van der Waals surface area (Å²) in [5, 5.41) is 0. The van der Waals surface area contributed by atoms with Gasteiger partial charge in [-0.2, -0.15) is 13.1 Å². The quantitative estimate of drug-likeness (QED) is 0.586. The summed E-state index contributed by atoms with van der Waals surface area (Å²) in [5.74, 6) is 0.654. The van der Waals surface area contributed by atoms with Crippen LogP contribution in [-0.2, 0) is 10.0 Å². The first kappa shape index (κ1) is 18.5. The summed E-state index contributed by atoms with van der Waals surface area (Å²) in [6.07, 6.45) is 1.26. The van der Waals surface area contributed by atoms with Crippen LogP contribution in [0.4, 0.5) is 0 Å². The number of carbonyl (C=O) groups is 1. The van der Waals surface area contributed by atoms with Crippen LogP contribution >= 0.6 is 11.7 Å². The molecule has 3 heterocycles. The largest absolute Gasteiger partial charge is 0.454 e. The summed E-state index contributed by atoms with van der Waals surface area (Å²) in [4.78, 5) is 13.2. The van der Waals surface area contributed by atoms with E-state index in [4.69, 9.17) is 9.47 Å². The van der Waals surface area contributed by atoms with Crippen LogP contribution in [0.15, 0.2) is 41.3 Å². The van der Waals surface area contributed by atoms with Gasteiger partial charge in [-0.3, -0.25) is 4.79 Å². The Kier molecular flexibility index (Phi) is 4.49. The van der Waals surface area contributed by atoms with Crippen molar-refractivity contribution >= 4 is 38.6 Å². The maximum atomic E-state index is 13.3. The SMILES string of the molecule is O=C(c1ccc2c(c1)OCO2)[C@H]1CCCN(S(=O)(=O)c2cccc3nsnc23)C1. The zero-order chi connectivity index (χ0) is 20.0. The molecule has 0 aliphatic carbocycles. The number of nitrogens with zero attached hydrogens (tertiary/aromatic N) is 3. The second kappa shape index (κ2) is 7.05. The number of hydrogen-bond donors (Lipinski definition) is 0. The van der Waals surface area contributed by atoms with Crippen molar-refractivity contribution in [3.63, 3.8) is 0 Å². The zero-order valence-corrected chi connectivity index (χ0v) is 16.9. The van der Waals surface area contributed by atoms with Gasteiger partial charge in [0.05, 0.1) is 11.7 Å². The number of rotatable bonds is 4. The summed E-state index contributed by atoms with van der Waals surface area (Å²) in [6, 6.07) is 10.0. The number of piperidine rings is 1. The molecule has 2 aliphatic heterocycles. The number of benzene rings is 2. The smallest absolute Gasteiger partial charge is 0.245 e. The molecule has 8 nitrogen and oxygen atoms in total. The molecule has 0 radical (unpaired) electrons. The summed E-state index contributed by atoms with van der Waals surface area (Å²) in [5.41, 5.74) is 1.44. The van der Waals surface area contributed by atoms with E-state index in [9.17, 15) is 13.2 Å². The third-order valence-electron chi connectivity index (χ3n) is 5.28. The van der Waals surface area contributed by atoms with Gasteiger partial charge in [0.2, 0.25) is 16.8 Å².